The third-order valence-electron chi connectivity index (χ3n) is 6.20. The van der Waals surface area contributed by atoms with E-state index in [0.717, 1.165) is 5.56 Å². The Morgan fingerprint density at radius 3 is 2.54 bits per heavy atom. The van der Waals surface area contributed by atoms with Crippen LogP contribution in [0.1, 0.15) is 52.3 Å². The molecule has 0 bridgehead atoms. The molecule has 1 aromatic heterocycles. The second-order valence-corrected chi connectivity index (χ2v) is 10.5. The zero-order chi connectivity index (χ0) is 27.3. The molecule has 3 rings (SSSR count). The van der Waals surface area contributed by atoms with E-state index in [1.807, 2.05) is 52.0 Å². The van der Waals surface area contributed by atoms with Crippen molar-refractivity contribution in [3.05, 3.63) is 66.1 Å². The Kier molecular flexibility index (Phi) is 8.70. The third-order valence-corrected chi connectivity index (χ3v) is 6.20. The van der Waals surface area contributed by atoms with Gasteiger partial charge in [0.2, 0.25) is 17.7 Å². The second-order valence-electron chi connectivity index (χ2n) is 10.5. The third kappa shape index (κ3) is 7.16. The molecule has 2 aromatic rings. The van der Waals surface area contributed by atoms with Crippen molar-refractivity contribution in [2.75, 3.05) is 10.2 Å². The molecule has 0 aliphatic carbocycles. The molecule has 1 aromatic carbocycles. The normalized spacial score (nSPS) is 16.1. The summed E-state index contributed by atoms with van der Waals surface area (Å²) in [6.45, 7) is 13.3. The molecule has 2 atom stereocenters. The van der Waals surface area contributed by atoms with Gasteiger partial charge < -0.3 is 26.6 Å². The van der Waals surface area contributed by atoms with E-state index in [4.69, 9.17) is 5.73 Å². The van der Waals surface area contributed by atoms with Crippen LogP contribution in [-0.2, 0) is 27.3 Å². The number of carbonyl (C=O) groups excluding carboxylic acids is 3. The van der Waals surface area contributed by atoms with Crippen LogP contribution in [0.25, 0.3) is 0 Å². The topological polar surface area (TPSA) is 129 Å². The summed E-state index contributed by atoms with van der Waals surface area (Å²) in [6.07, 6.45) is 2.50. The van der Waals surface area contributed by atoms with E-state index in [9.17, 15) is 14.4 Å². The van der Waals surface area contributed by atoms with Gasteiger partial charge in [0.1, 0.15) is 12.1 Å². The van der Waals surface area contributed by atoms with Crippen LogP contribution in [0.4, 0.5) is 11.4 Å². The number of carbonyl (C=O) groups is 3. The predicted octanol–water partition coefficient (Wildman–Crippen LogP) is 2.87. The molecule has 2 heterocycles. The van der Waals surface area contributed by atoms with Gasteiger partial charge >= 0.3 is 0 Å². The fourth-order valence-corrected chi connectivity index (χ4v) is 4.27. The van der Waals surface area contributed by atoms with Crippen molar-refractivity contribution in [1.82, 2.24) is 15.6 Å². The van der Waals surface area contributed by atoms with Crippen LogP contribution in [0.15, 0.2) is 54.9 Å². The number of para-hydroxylation sites is 1. The fraction of sp³-hybridized carbons (Fsp3) is 0.429. The van der Waals surface area contributed by atoms with E-state index >= 15 is 0 Å². The minimum absolute atomic E-state index is 0.196. The van der Waals surface area contributed by atoms with Gasteiger partial charge in [-0.2, -0.15) is 0 Å². The van der Waals surface area contributed by atoms with Crippen LogP contribution >= 0.6 is 0 Å². The summed E-state index contributed by atoms with van der Waals surface area (Å²) in [5.41, 5.74) is 8.69. The van der Waals surface area contributed by atoms with Gasteiger partial charge in [-0.05, 0) is 49.9 Å². The maximum Gasteiger partial charge on any atom is 0.250 e. The number of nitrogens with two attached hydrogens (primary N) is 1. The van der Waals surface area contributed by atoms with Crippen LogP contribution in [0.3, 0.4) is 0 Å². The first-order valence-electron chi connectivity index (χ1n) is 12.5. The lowest BCUT2D eigenvalue weighted by molar-refractivity contribution is -0.129. The maximum atomic E-state index is 13.8. The van der Waals surface area contributed by atoms with Crippen molar-refractivity contribution in [1.29, 1.82) is 0 Å². The highest BCUT2D eigenvalue weighted by atomic mass is 16.2. The molecule has 198 valence electrons. The van der Waals surface area contributed by atoms with Crippen LogP contribution in [0.2, 0.25) is 0 Å². The molecule has 0 fully saturated rings. The molecular weight excluding hydrogens is 468 g/mol. The number of nitrogens with one attached hydrogen (secondary N) is 3. The number of aromatic nitrogens is 1. The zero-order valence-corrected chi connectivity index (χ0v) is 22.3. The molecule has 3 amide bonds. The van der Waals surface area contributed by atoms with Gasteiger partial charge in [-0.15, -0.1) is 0 Å². The summed E-state index contributed by atoms with van der Waals surface area (Å²) in [5, 5.41) is 8.97. The van der Waals surface area contributed by atoms with E-state index in [1.165, 1.54) is 6.92 Å². The van der Waals surface area contributed by atoms with E-state index < -0.39 is 17.6 Å². The number of nitrogens with zero attached hydrogens (tertiary/aromatic N) is 2. The van der Waals surface area contributed by atoms with E-state index in [2.05, 4.69) is 27.5 Å². The van der Waals surface area contributed by atoms with Gasteiger partial charge in [-0.3, -0.25) is 19.4 Å². The number of amides is 3. The average molecular weight is 507 g/mol. The summed E-state index contributed by atoms with van der Waals surface area (Å²) in [7, 11) is 0. The second kappa shape index (κ2) is 11.6. The quantitative estimate of drug-likeness (QED) is 0.392. The molecule has 9 heteroatoms. The number of hydrogen-bond acceptors (Lipinski definition) is 6. The Morgan fingerprint density at radius 1 is 1.22 bits per heavy atom. The SMILES string of the molecule is C=C(N[C@H](CC(C)C)C(=O)NC1Cc2cccc(NC(C)=O)c2N(Cc2ccccn2)C1=O)C(C)(C)N. The summed E-state index contributed by atoms with van der Waals surface area (Å²) in [5.74, 6) is -0.581. The molecule has 1 unspecified atom stereocenters. The van der Waals surface area contributed by atoms with Gasteiger partial charge in [-0.25, -0.2) is 0 Å². The maximum absolute atomic E-state index is 13.8. The van der Waals surface area contributed by atoms with Gasteiger partial charge in [0.25, 0.3) is 0 Å². The smallest absolute Gasteiger partial charge is 0.250 e. The summed E-state index contributed by atoms with van der Waals surface area (Å²) >= 11 is 0. The van der Waals surface area contributed by atoms with Gasteiger partial charge in [0.15, 0.2) is 0 Å². The van der Waals surface area contributed by atoms with Gasteiger partial charge in [0.05, 0.1) is 23.6 Å². The molecule has 0 saturated carbocycles. The Labute approximate surface area is 218 Å². The van der Waals surface area contributed by atoms with Gasteiger partial charge in [0, 0.05) is 30.8 Å². The minimum atomic E-state index is -0.785. The highest BCUT2D eigenvalue weighted by Gasteiger charge is 2.37. The highest BCUT2D eigenvalue weighted by molar-refractivity contribution is 6.06. The first-order valence-corrected chi connectivity index (χ1v) is 12.5. The van der Waals surface area contributed by atoms with E-state index in [-0.39, 0.29) is 30.2 Å². The highest BCUT2D eigenvalue weighted by Crippen LogP contribution is 2.36. The van der Waals surface area contributed by atoms with Crippen LogP contribution < -0.4 is 26.6 Å². The molecule has 9 nitrogen and oxygen atoms in total. The summed E-state index contributed by atoms with van der Waals surface area (Å²) in [4.78, 5) is 45.1. The standard InChI is InChI=1S/C28H38N6O3/c1-17(2)14-23(31-18(3)28(5,6)29)26(36)33-24-15-20-10-9-12-22(32-19(4)35)25(20)34(27(24)37)16-21-11-7-8-13-30-21/h7-13,17,23-24,31H,3,14-16,29H2,1-2,4-6H3,(H,32,35)(H,33,36)/t23-,24?/m1/s1. The number of benzene rings is 1. The summed E-state index contributed by atoms with van der Waals surface area (Å²) < 4.78 is 0. The van der Waals surface area contributed by atoms with E-state index in [0.29, 0.717) is 35.6 Å². The largest absolute Gasteiger partial charge is 0.376 e. The van der Waals surface area contributed by atoms with Crippen LogP contribution in [0.5, 0.6) is 0 Å². The molecule has 0 spiro atoms. The number of rotatable bonds is 10. The summed E-state index contributed by atoms with van der Waals surface area (Å²) in [6, 6.07) is 9.60. The monoisotopic (exact) mass is 506 g/mol. The lowest BCUT2D eigenvalue weighted by Crippen LogP contribution is -2.57. The Balaban J connectivity index is 1.93. The first-order chi connectivity index (χ1) is 17.4. The molecule has 37 heavy (non-hydrogen) atoms. The Bertz CT molecular complexity index is 1160. The lowest BCUT2D eigenvalue weighted by Gasteiger charge is -2.36. The van der Waals surface area contributed by atoms with Crippen molar-refractivity contribution in [2.24, 2.45) is 11.7 Å². The fourth-order valence-electron chi connectivity index (χ4n) is 4.27. The number of anilines is 2. The number of fused-ring (bicyclic) bond motifs is 1. The zero-order valence-electron chi connectivity index (χ0n) is 22.3. The minimum Gasteiger partial charge on any atom is -0.376 e. The molecular formula is C28H38N6O3. The molecule has 0 radical (unpaired) electrons. The van der Waals surface area contributed by atoms with Crippen molar-refractivity contribution in [3.63, 3.8) is 0 Å². The van der Waals surface area contributed by atoms with Crippen molar-refractivity contribution in [2.45, 2.75) is 71.6 Å². The predicted molar refractivity (Wildman–Crippen MR) is 146 cm³/mol. The Morgan fingerprint density at radius 2 is 1.95 bits per heavy atom. The number of pyridine rings is 1. The number of hydrogen-bond donors (Lipinski definition) is 4. The van der Waals surface area contributed by atoms with Crippen LogP contribution in [0, 0.1) is 5.92 Å². The first kappa shape index (κ1) is 27.9. The van der Waals surface area contributed by atoms with Crippen molar-refractivity contribution in [3.8, 4) is 0 Å². The van der Waals surface area contributed by atoms with Crippen LogP contribution in [-0.4, -0.2) is 40.3 Å². The van der Waals surface area contributed by atoms with E-state index in [1.54, 1.807) is 23.2 Å². The Hall–Kier alpha value is -3.72. The average Bonchev–Trinajstić information content (AvgIpc) is 2.80. The van der Waals surface area contributed by atoms with Crippen molar-refractivity contribution >= 4 is 29.1 Å². The molecule has 1 aliphatic rings. The molecule has 0 saturated heterocycles. The molecule has 5 N–H and O–H groups in total. The van der Waals surface area contributed by atoms with Gasteiger partial charge in [-0.1, -0.05) is 38.6 Å². The lowest BCUT2D eigenvalue weighted by atomic mass is 9.94. The van der Waals surface area contributed by atoms with Crippen molar-refractivity contribution < 1.29 is 14.4 Å². The molecule has 1 aliphatic heterocycles.